The molecule has 6 heteroatoms. The molecule has 3 rings (SSSR count). The number of carbonyl (C=O) groups is 1. The van der Waals surface area contributed by atoms with Crippen LogP contribution < -0.4 is 10.6 Å². The molecule has 0 fully saturated rings. The summed E-state index contributed by atoms with van der Waals surface area (Å²) >= 11 is 0. The van der Waals surface area contributed by atoms with Gasteiger partial charge in [0.25, 0.3) is 5.91 Å². The lowest BCUT2D eigenvalue weighted by atomic mass is 10.1. The molecule has 0 unspecified atom stereocenters. The molecule has 0 saturated heterocycles. The van der Waals surface area contributed by atoms with Crippen LogP contribution in [0.4, 0.5) is 16.0 Å². The highest BCUT2D eigenvalue weighted by Crippen LogP contribution is 2.18. The third-order valence-corrected chi connectivity index (χ3v) is 3.93. The molecule has 1 amide bonds. The number of aromatic nitrogens is 2. The van der Waals surface area contributed by atoms with E-state index < -0.39 is 0 Å². The normalized spacial score (nSPS) is 10.5. The topological polar surface area (TPSA) is 66.9 Å². The van der Waals surface area contributed by atoms with E-state index in [1.165, 1.54) is 12.1 Å². The van der Waals surface area contributed by atoms with Crippen molar-refractivity contribution in [3.05, 3.63) is 82.4 Å². The number of rotatable bonds is 5. The first-order valence-corrected chi connectivity index (χ1v) is 8.63. The highest BCUT2D eigenvalue weighted by atomic mass is 19.1. The Balaban J connectivity index is 1.73. The minimum Gasteiger partial charge on any atom is -0.347 e. The van der Waals surface area contributed by atoms with Crippen molar-refractivity contribution in [2.45, 2.75) is 27.3 Å². The van der Waals surface area contributed by atoms with Crippen LogP contribution in [0.5, 0.6) is 0 Å². The Morgan fingerprint density at radius 1 is 0.963 bits per heavy atom. The first-order chi connectivity index (χ1) is 12.9. The van der Waals surface area contributed by atoms with Crippen LogP contribution in [-0.4, -0.2) is 15.9 Å². The molecular formula is C21H21FN4O. The zero-order chi connectivity index (χ0) is 19.4. The Morgan fingerprint density at radius 3 is 2.30 bits per heavy atom. The molecule has 1 aromatic heterocycles. The Hall–Kier alpha value is -3.28. The number of benzene rings is 2. The van der Waals surface area contributed by atoms with Crippen LogP contribution in [0.3, 0.4) is 0 Å². The molecule has 0 bridgehead atoms. The van der Waals surface area contributed by atoms with E-state index >= 15 is 0 Å². The van der Waals surface area contributed by atoms with Gasteiger partial charge in [-0.25, -0.2) is 14.4 Å². The van der Waals surface area contributed by atoms with Crippen molar-refractivity contribution in [3.8, 4) is 0 Å². The van der Waals surface area contributed by atoms with Crippen LogP contribution >= 0.6 is 0 Å². The molecule has 0 atom stereocenters. The van der Waals surface area contributed by atoms with E-state index in [0.717, 1.165) is 22.4 Å². The van der Waals surface area contributed by atoms with Gasteiger partial charge in [0.15, 0.2) is 0 Å². The number of aryl methyl sites for hydroxylation is 3. The first kappa shape index (κ1) is 18.5. The minimum absolute atomic E-state index is 0.275. The van der Waals surface area contributed by atoms with E-state index in [4.69, 9.17) is 0 Å². The molecule has 0 aliphatic heterocycles. The van der Waals surface area contributed by atoms with Crippen molar-refractivity contribution in [2.24, 2.45) is 0 Å². The van der Waals surface area contributed by atoms with Gasteiger partial charge in [0.2, 0.25) is 5.95 Å². The van der Waals surface area contributed by atoms with Gasteiger partial charge in [-0.2, -0.15) is 0 Å². The highest BCUT2D eigenvalue weighted by Gasteiger charge is 2.11. The minimum atomic E-state index is -0.312. The van der Waals surface area contributed by atoms with E-state index in [9.17, 15) is 9.18 Å². The van der Waals surface area contributed by atoms with Gasteiger partial charge < -0.3 is 10.6 Å². The summed E-state index contributed by atoms with van der Waals surface area (Å²) in [5.74, 6) is -0.251. The van der Waals surface area contributed by atoms with E-state index in [1.807, 2.05) is 32.9 Å². The van der Waals surface area contributed by atoms with Crippen LogP contribution in [0.15, 0.2) is 48.5 Å². The maximum atomic E-state index is 13.0. The molecule has 0 saturated carbocycles. The number of hydrogen-bond donors (Lipinski definition) is 2. The second kappa shape index (κ2) is 7.95. The molecule has 2 N–H and O–H groups in total. The van der Waals surface area contributed by atoms with Crippen molar-refractivity contribution in [3.63, 3.8) is 0 Å². The van der Waals surface area contributed by atoms with Gasteiger partial charge in [0, 0.05) is 17.9 Å². The predicted octanol–water partition coefficient (Wildman–Crippen LogP) is 4.21. The quantitative estimate of drug-likeness (QED) is 0.711. The molecule has 3 aromatic rings. The van der Waals surface area contributed by atoms with Crippen LogP contribution in [0.1, 0.15) is 32.9 Å². The molecule has 0 aliphatic rings. The number of anilines is 2. The molecule has 0 spiro atoms. The van der Waals surface area contributed by atoms with Crippen molar-refractivity contribution >= 4 is 17.5 Å². The van der Waals surface area contributed by atoms with Gasteiger partial charge in [0.05, 0.1) is 0 Å². The maximum absolute atomic E-state index is 13.0. The number of nitrogens with zero attached hydrogens (tertiary/aromatic N) is 2. The molecule has 138 valence electrons. The summed E-state index contributed by atoms with van der Waals surface area (Å²) in [5.41, 5.74) is 4.89. The Kier molecular flexibility index (Phi) is 5.45. The van der Waals surface area contributed by atoms with Crippen LogP contribution in [0.25, 0.3) is 0 Å². The summed E-state index contributed by atoms with van der Waals surface area (Å²) in [4.78, 5) is 21.1. The lowest BCUT2D eigenvalue weighted by Crippen LogP contribution is -2.24. The van der Waals surface area contributed by atoms with Gasteiger partial charge in [-0.15, -0.1) is 0 Å². The van der Waals surface area contributed by atoms with Crippen LogP contribution in [-0.2, 0) is 6.54 Å². The third-order valence-electron chi connectivity index (χ3n) is 3.93. The summed E-state index contributed by atoms with van der Waals surface area (Å²) in [6.45, 7) is 6.14. The van der Waals surface area contributed by atoms with E-state index in [-0.39, 0.29) is 17.4 Å². The van der Waals surface area contributed by atoms with Crippen molar-refractivity contribution in [1.29, 1.82) is 0 Å². The third kappa shape index (κ3) is 5.10. The summed E-state index contributed by atoms with van der Waals surface area (Å²) in [6, 6.07) is 13.7. The van der Waals surface area contributed by atoms with Crippen molar-refractivity contribution in [2.75, 3.05) is 5.32 Å². The molecule has 1 heterocycles. The van der Waals surface area contributed by atoms with Gasteiger partial charge in [-0.05, 0) is 67.8 Å². The number of hydrogen-bond acceptors (Lipinski definition) is 4. The Morgan fingerprint density at radius 2 is 1.63 bits per heavy atom. The van der Waals surface area contributed by atoms with Gasteiger partial charge >= 0.3 is 0 Å². The molecular weight excluding hydrogens is 343 g/mol. The Bertz CT molecular complexity index is 950. The summed E-state index contributed by atoms with van der Waals surface area (Å²) in [7, 11) is 0. The molecule has 2 aromatic carbocycles. The molecule has 5 nitrogen and oxygen atoms in total. The van der Waals surface area contributed by atoms with Gasteiger partial charge in [-0.1, -0.05) is 18.2 Å². The zero-order valence-corrected chi connectivity index (χ0v) is 15.5. The summed E-state index contributed by atoms with van der Waals surface area (Å²) in [6.07, 6.45) is 0. The fourth-order valence-corrected chi connectivity index (χ4v) is 2.79. The van der Waals surface area contributed by atoms with Crippen molar-refractivity contribution in [1.82, 2.24) is 15.3 Å². The SMILES string of the molecule is Cc1cc(C)cc(Nc2nc(C)cc(C(=O)NCc3ccc(F)cc3)n2)c1. The standard InChI is InChI=1S/C21H21FN4O/c1-13-8-14(2)10-18(9-13)25-21-24-15(3)11-19(26-21)20(27)23-12-16-4-6-17(22)7-5-16/h4-11H,12H2,1-3H3,(H,23,27)(H,24,25,26). The summed E-state index contributed by atoms with van der Waals surface area (Å²) in [5, 5.41) is 5.95. The average Bonchev–Trinajstić information content (AvgIpc) is 2.59. The fourth-order valence-electron chi connectivity index (χ4n) is 2.79. The highest BCUT2D eigenvalue weighted by molar-refractivity contribution is 5.92. The second-order valence-corrected chi connectivity index (χ2v) is 6.53. The van der Waals surface area contributed by atoms with Gasteiger partial charge in [-0.3, -0.25) is 4.79 Å². The number of halogens is 1. The predicted molar refractivity (Wildman–Crippen MR) is 104 cm³/mol. The average molecular weight is 364 g/mol. The van der Waals surface area contributed by atoms with Crippen LogP contribution in [0, 0.1) is 26.6 Å². The van der Waals surface area contributed by atoms with E-state index in [2.05, 4.69) is 26.7 Å². The number of nitrogens with one attached hydrogen (secondary N) is 2. The Labute approximate surface area is 157 Å². The molecule has 27 heavy (non-hydrogen) atoms. The van der Waals surface area contributed by atoms with Gasteiger partial charge in [0.1, 0.15) is 11.5 Å². The fraction of sp³-hybridized carbons (Fsp3) is 0.190. The largest absolute Gasteiger partial charge is 0.347 e. The summed E-state index contributed by atoms with van der Waals surface area (Å²) < 4.78 is 13.0. The molecule has 0 radical (unpaired) electrons. The smallest absolute Gasteiger partial charge is 0.270 e. The zero-order valence-electron chi connectivity index (χ0n) is 15.5. The monoisotopic (exact) mass is 364 g/mol. The van der Waals surface area contributed by atoms with Crippen LogP contribution in [0.2, 0.25) is 0 Å². The maximum Gasteiger partial charge on any atom is 0.270 e. The van der Waals surface area contributed by atoms with E-state index in [0.29, 0.717) is 18.2 Å². The van der Waals surface area contributed by atoms with E-state index in [1.54, 1.807) is 18.2 Å². The first-order valence-electron chi connectivity index (χ1n) is 8.63. The number of carbonyl (C=O) groups excluding carboxylic acids is 1. The van der Waals surface area contributed by atoms with Crippen molar-refractivity contribution < 1.29 is 9.18 Å². The second-order valence-electron chi connectivity index (χ2n) is 6.53. The lowest BCUT2D eigenvalue weighted by Gasteiger charge is -2.10. The molecule has 0 aliphatic carbocycles. The lowest BCUT2D eigenvalue weighted by molar-refractivity contribution is 0.0945. The number of amides is 1.